The van der Waals surface area contributed by atoms with E-state index in [1.54, 1.807) is 31.2 Å². The number of hydrogen-bond acceptors (Lipinski definition) is 7. The van der Waals surface area contributed by atoms with Gasteiger partial charge in [-0.05, 0) is 17.7 Å². The molecule has 1 rings (SSSR count). The Kier molecular flexibility index (Phi) is 6.69. The Morgan fingerprint density at radius 2 is 1.75 bits per heavy atom. The van der Waals surface area contributed by atoms with E-state index in [0.29, 0.717) is 11.3 Å². The van der Waals surface area contributed by atoms with Gasteiger partial charge in [0.25, 0.3) is 0 Å². The van der Waals surface area contributed by atoms with E-state index in [1.807, 2.05) is 0 Å². The summed E-state index contributed by atoms with van der Waals surface area (Å²) in [6, 6.07) is 6.58. The van der Waals surface area contributed by atoms with Gasteiger partial charge in [0.1, 0.15) is 5.75 Å². The number of hydrogen-bond donors (Lipinski definition) is 0. The van der Waals surface area contributed by atoms with Crippen molar-refractivity contribution in [2.24, 2.45) is 0 Å². The summed E-state index contributed by atoms with van der Waals surface area (Å²) in [7, 11) is 3.77. The lowest BCUT2D eigenvalue weighted by atomic mass is 9.77. The van der Waals surface area contributed by atoms with E-state index in [1.165, 1.54) is 14.2 Å². The normalized spacial score (nSPS) is 14.2. The second-order valence-electron chi connectivity index (χ2n) is 5.24. The minimum atomic E-state index is -2.09. The van der Waals surface area contributed by atoms with Crippen molar-refractivity contribution in [1.82, 2.24) is 0 Å². The lowest BCUT2D eigenvalue weighted by molar-refractivity contribution is -0.560. The summed E-state index contributed by atoms with van der Waals surface area (Å²) >= 11 is 0. The van der Waals surface area contributed by atoms with Crippen LogP contribution >= 0.6 is 0 Å². The van der Waals surface area contributed by atoms with Crippen LogP contribution in [0.3, 0.4) is 0 Å². The van der Waals surface area contributed by atoms with E-state index in [2.05, 4.69) is 9.47 Å². The third-order valence-corrected chi connectivity index (χ3v) is 4.13. The molecule has 0 bridgehead atoms. The van der Waals surface area contributed by atoms with Gasteiger partial charge in [0, 0.05) is 11.3 Å². The summed E-state index contributed by atoms with van der Waals surface area (Å²) in [6.45, 7) is 1.55. The Bertz CT molecular complexity index is 599. The molecular formula is C16H21NO7. The Hall–Kier alpha value is -2.64. The van der Waals surface area contributed by atoms with Gasteiger partial charge in [-0.2, -0.15) is 0 Å². The molecule has 0 aromatic heterocycles. The first-order valence-corrected chi connectivity index (χ1v) is 7.27. The highest BCUT2D eigenvalue weighted by Crippen LogP contribution is 2.36. The van der Waals surface area contributed by atoms with Crippen LogP contribution in [-0.4, -0.2) is 43.7 Å². The summed E-state index contributed by atoms with van der Waals surface area (Å²) in [5, 5.41) is 11.8. The maximum atomic E-state index is 12.3. The molecule has 0 aliphatic carbocycles. The molecule has 0 fully saturated rings. The van der Waals surface area contributed by atoms with E-state index in [0.717, 1.165) is 7.11 Å². The van der Waals surface area contributed by atoms with Crippen molar-refractivity contribution in [1.29, 1.82) is 0 Å². The van der Waals surface area contributed by atoms with Gasteiger partial charge in [-0.3, -0.25) is 14.9 Å². The first-order valence-electron chi connectivity index (χ1n) is 7.27. The predicted molar refractivity (Wildman–Crippen MR) is 84.4 cm³/mol. The van der Waals surface area contributed by atoms with Crippen LogP contribution in [0.1, 0.15) is 31.2 Å². The minimum Gasteiger partial charge on any atom is -0.497 e. The van der Waals surface area contributed by atoms with Crippen LogP contribution in [-0.2, 0) is 19.1 Å². The van der Waals surface area contributed by atoms with Crippen LogP contribution in [0.5, 0.6) is 5.75 Å². The first-order chi connectivity index (χ1) is 11.3. The third-order valence-electron chi connectivity index (χ3n) is 4.13. The smallest absolute Gasteiger partial charge is 0.385 e. The predicted octanol–water partition coefficient (Wildman–Crippen LogP) is 1.94. The number of carbonyl (C=O) groups is 2. The molecule has 1 aromatic rings. The second kappa shape index (κ2) is 8.28. The molecule has 8 nitrogen and oxygen atoms in total. The van der Waals surface area contributed by atoms with Crippen LogP contribution < -0.4 is 4.74 Å². The molecule has 1 aromatic carbocycles. The number of nitrogens with zero attached hydrogens (tertiary/aromatic N) is 1. The van der Waals surface area contributed by atoms with Gasteiger partial charge >= 0.3 is 17.5 Å². The zero-order chi connectivity index (χ0) is 18.3. The molecule has 24 heavy (non-hydrogen) atoms. The highest BCUT2D eigenvalue weighted by molar-refractivity contribution is 5.81. The molecule has 0 aliphatic rings. The fraction of sp³-hybridized carbons (Fsp3) is 0.500. The third kappa shape index (κ3) is 3.81. The Balaban J connectivity index is 3.29. The molecule has 132 valence electrons. The monoisotopic (exact) mass is 339 g/mol. The molecule has 0 radical (unpaired) electrons. The standard InChI is InChI=1S/C16H21NO7/c1-11(12-5-7-13(22-2)8-6-12)16(17(20)21,15(19)24-4)10-9-14(18)23-3/h5-8,11H,9-10H2,1-4H3. The molecule has 0 amide bonds. The highest BCUT2D eigenvalue weighted by Gasteiger charge is 2.57. The molecule has 0 N–H and O–H groups in total. The van der Waals surface area contributed by atoms with Crippen LogP contribution in [0.4, 0.5) is 0 Å². The van der Waals surface area contributed by atoms with E-state index in [4.69, 9.17) is 4.74 Å². The first kappa shape index (κ1) is 19.4. The average Bonchev–Trinajstić information content (AvgIpc) is 2.60. The minimum absolute atomic E-state index is 0.271. The van der Waals surface area contributed by atoms with E-state index in [9.17, 15) is 19.7 Å². The lowest BCUT2D eigenvalue weighted by Crippen LogP contribution is -2.51. The van der Waals surface area contributed by atoms with Crippen molar-refractivity contribution in [2.45, 2.75) is 31.2 Å². The fourth-order valence-corrected chi connectivity index (χ4v) is 2.56. The van der Waals surface area contributed by atoms with Crippen LogP contribution in [0.2, 0.25) is 0 Å². The second-order valence-corrected chi connectivity index (χ2v) is 5.24. The average molecular weight is 339 g/mol. The Morgan fingerprint density at radius 1 is 1.17 bits per heavy atom. The summed E-state index contributed by atoms with van der Waals surface area (Å²) in [5.74, 6) is -1.87. The number of methoxy groups -OCH3 is 3. The zero-order valence-electron chi connectivity index (χ0n) is 14.1. The van der Waals surface area contributed by atoms with Gasteiger partial charge in [0.2, 0.25) is 0 Å². The number of ether oxygens (including phenoxy) is 3. The maximum Gasteiger partial charge on any atom is 0.385 e. The summed E-state index contributed by atoms with van der Waals surface area (Å²) in [5.41, 5.74) is -1.53. The van der Waals surface area contributed by atoms with E-state index < -0.39 is 28.3 Å². The molecule has 0 saturated heterocycles. The molecule has 2 atom stereocenters. The van der Waals surface area contributed by atoms with E-state index in [-0.39, 0.29) is 12.8 Å². The Labute approximate surface area is 139 Å². The SMILES string of the molecule is COC(=O)CCC(C(=O)OC)(C(C)c1ccc(OC)cc1)[N+](=O)[O-]. The number of esters is 2. The van der Waals surface area contributed by atoms with Crippen molar-refractivity contribution in [3.8, 4) is 5.75 Å². The van der Waals surface area contributed by atoms with Crippen molar-refractivity contribution >= 4 is 11.9 Å². The van der Waals surface area contributed by atoms with Crippen molar-refractivity contribution in [3.63, 3.8) is 0 Å². The van der Waals surface area contributed by atoms with Crippen molar-refractivity contribution in [2.75, 3.05) is 21.3 Å². The van der Waals surface area contributed by atoms with Gasteiger partial charge in [0.05, 0.1) is 33.7 Å². The van der Waals surface area contributed by atoms with Crippen molar-refractivity contribution in [3.05, 3.63) is 39.9 Å². The quantitative estimate of drug-likeness (QED) is 0.405. The molecule has 0 heterocycles. The largest absolute Gasteiger partial charge is 0.497 e. The topological polar surface area (TPSA) is 105 Å². The van der Waals surface area contributed by atoms with Gasteiger partial charge in [-0.1, -0.05) is 19.1 Å². The number of carbonyl (C=O) groups excluding carboxylic acids is 2. The Morgan fingerprint density at radius 3 is 2.17 bits per heavy atom. The van der Waals surface area contributed by atoms with Crippen LogP contribution in [0, 0.1) is 10.1 Å². The number of rotatable bonds is 8. The molecule has 0 saturated carbocycles. The maximum absolute atomic E-state index is 12.3. The van der Waals surface area contributed by atoms with Gasteiger partial charge in [-0.15, -0.1) is 0 Å². The van der Waals surface area contributed by atoms with Gasteiger partial charge < -0.3 is 14.2 Å². The fourth-order valence-electron chi connectivity index (χ4n) is 2.56. The van der Waals surface area contributed by atoms with Crippen LogP contribution in [0.15, 0.2) is 24.3 Å². The van der Waals surface area contributed by atoms with E-state index >= 15 is 0 Å². The molecule has 2 unspecified atom stereocenters. The number of benzene rings is 1. The van der Waals surface area contributed by atoms with Crippen LogP contribution in [0.25, 0.3) is 0 Å². The molecule has 8 heteroatoms. The summed E-state index contributed by atoms with van der Waals surface area (Å²) in [6.07, 6.45) is -0.598. The molecule has 0 spiro atoms. The summed E-state index contributed by atoms with van der Waals surface area (Å²) < 4.78 is 14.3. The van der Waals surface area contributed by atoms with Gasteiger partial charge in [0.15, 0.2) is 0 Å². The molecular weight excluding hydrogens is 318 g/mol. The van der Waals surface area contributed by atoms with Crippen molar-refractivity contribution < 1.29 is 28.7 Å². The van der Waals surface area contributed by atoms with Gasteiger partial charge in [-0.25, -0.2) is 4.79 Å². The zero-order valence-corrected chi connectivity index (χ0v) is 14.1. The lowest BCUT2D eigenvalue weighted by Gasteiger charge is -2.28. The molecule has 0 aliphatic heterocycles. The number of nitro groups is 1. The summed E-state index contributed by atoms with van der Waals surface area (Å²) in [4.78, 5) is 34.8. The highest BCUT2D eigenvalue weighted by atomic mass is 16.6.